The Morgan fingerprint density at radius 2 is 2.10 bits per heavy atom. The molecule has 1 aromatic rings. The van der Waals surface area contributed by atoms with Crippen LogP contribution in [-0.2, 0) is 9.59 Å². The largest absolute Gasteiger partial charge is 0.495 e. The molecule has 1 atom stereocenters. The third-order valence-corrected chi connectivity index (χ3v) is 3.90. The van der Waals surface area contributed by atoms with Crippen molar-refractivity contribution in [1.82, 2.24) is 4.90 Å². The van der Waals surface area contributed by atoms with E-state index in [-0.39, 0.29) is 11.8 Å². The van der Waals surface area contributed by atoms with Crippen molar-refractivity contribution in [3.63, 3.8) is 0 Å². The van der Waals surface area contributed by atoms with Gasteiger partial charge in [0.05, 0.1) is 12.8 Å². The number of rotatable bonds is 3. The van der Waals surface area contributed by atoms with E-state index in [2.05, 4.69) is 0 Å². The van der Waals surface area contributed by atoms with Gasteiger partial charge in [0.15, 0.2) is 0 Å². The van der Waals surface area contributed by atoms with Gasteiger partial charge in [-0.15, -0.1) is 0 Å². The highest BCUT2D eigenvalue weighted by Crippen LogP contribution is 2.31. The summed E-state index contributed by atoms with van der Waals surface area (Å²) in [5, 5.41) is 0. The van der Waals surface area contributed by atoms with Crippen LogP contribution in [0.3, 0.4) is 0 Å². The minimum absolute atomic E-state index is 0.0201. The van der Waals surface area contributed by atoms with Gasteiger partial charge in [-0.2, -0.15) is 0 Å². The molecule has 1 fully saturated rings. The van der Waals surface area contributed by atoms with Crippen LogP contribution in [0.5, 0.6) is 5.75 Å². The van der Waals surface area contributed by atoms with Crippen molar-refractivity contribution in [3.05, 3.63) is 23.8 Å². The van der Waals surface area contributed by atoms with Crippen molar-refractivity contribution in [2.24, 2.45) is 0 Å². The van der Waals surface area contributed by atoms with E-state index in [1.54, 1.807) is 23.8 Å². The molecule has 0 radical (unpaired) electrons. The molecule has 1 aromatic carbocycles. The maximum Gasteiger partial charge on any atom is 0.249 e. The third kappa shape index (κ3) is 2.86. The number of methoxy groups -OCH3 is 1. The van der Waals surface area contributed by atoms with E-state index in [1.165, 1.54) is 0 Å². The molecule has 2 rings (SSSR count). The average molecular weight is 290 g/mol. The van der Waals surface area contributed by atoms with Crippen LogP contribution < -0.4 is 9.64 Å². The van der Waals surface area contributed by atoms with Gasteiger partial charge in [0.25, 0.3) is 0 Å². The fourth-order valence-electron chi connectivity index (χ4n) is 2.66. The van der Waals surface area contributed by atoms with Gasteiger partial charge < -0.3 is 14.5 Å². The molecule has 0 bridgehead atoms. The lowest BCUT2D eigenvalue weighted by molar-refractivity contribution is -0.140. The zero-order valence-corrected chi connectivity index (χ0v) is 13.0. The smallest absolute Gasteiger partial charge is 0.249 e. The molecule has 1 aliphatic heterocycles. The molecule has 1 saturated heterocycles. The molecule has 21 heavy (non-hydrogen) atoms. The summed E-state index contributed by atoms with van der Waals surface area (Å²) in [5.74, 6) is 0.634. The summed E-state index contributed by atoms with van der Waals surface area (Å²) in [6, 6.07) is 5.33. The van der Waals surface area contributed by atoms with Crippen LogP contribution in [0.1, 0.15) is 25.8 Å². The molecule has 0 spiro atoms. The van der Waals surface area contributed by atoms with Gasteiger partial charge in [0.2, 0.25) is 11.8 Å². The first kappa shape index (κ1) is 15.4. The molecule has 5 nitrogen and oxygen atoms in total. The van der Waals surface area contributed by atoms with E-state index >= 15 is 0 Å². The Morgan fingerprint density at radius 3 is 2.71 bits per heavy atom. The summed E-state index contributed by atoms with van der Waals surface area (Å²) < 4.78 is 5.36. The number of aryl methyl sites for hydroxylation is 1. The van der Waals surface area contributed by atoms with Crippen molar-refractivity contribution in [3.8, 4) is 5.75 Å². The standard InChI is InChI=1S/C16H22N2O3/c1-5-15(19)17-8-9-18(16(20)12(17)3)13-10-11(2)6-7-14(13)21-4/h6-7,10,12H,5,8-9H2,1-4H3/t12-/m1/s1. The van der Waals surface area contributed by atoms with Gasteiger partial charge in [-0.05, 0) is 31.5 Å². The Labute approximate surface area is 125 Å². The maximum atomic E-state index is 12.6. The molecular weight excluding hydrogens is 268 g/mol. The van der Waals surface area contributed by atoms with Gasteiger partial charge in [0, 0.05) is 19.5 Å². The summed E-state index contributed by atoms with van der Waals surface area (Å²) in [6.45, 7) is 6.62. The lowest BCUT2D eigenvalue weighted by atomic mass is 10.1. The summed E-state index contributed by atoms with van der Waals surface area (Å²) in [4.78, 5) is 27.9. The molecule has 5 heteroatoms. The molecule has 1 aliphatic rings. The van der Waals surface area contributed by atoms with Crippen LogP contribution in [0.2, 0.25) is 0 Å². The fourth-order valence-corrected chi connectivity index (χ4v) is 2.66. The predicted molar refractivity (Wildman–Crippen MR) is 81.6 cm³/mol. The van der Waals surface area contributed by atoms with Gasteiger partial charge in [0.1, 0.15) is 11.8 Å². The van der Waals surface area contributed by atoms with Crippen LogP contribution in [0, 0.1) is 6.92 Å². The minimum Gasteiger partial charge on any atom is -0.495 e. The number of hydrogen-bond donors (Lipinski definition) is 0. The highest BCUT2D eigenvalue weighted by atomic mass is 16.5. The number of nitrogens with zero attached hydrogens (tertiary/aromatic N) is 2. The number of ether oxygens (including phenoxy) is 1. The van der Waals surface area contributed by atoms with E-state index < -0.39 is 6.04 Å². The van der Waals surface area contributed by atoms with E-state index in [9.17, 15) is 9.59 Å². The summed E-state index contributed by atoms with van der Waals surface area (Å²) >= 11 is 0. The van der Waals surface area contributed by atoms with Crippen LogP contribution in [0.15, 0.2) is 18.2 Å². The van der Waals surface area contributed by atoms with Crippen molar-refractivity contribution in [2.75, 3.05) is 25.1 Å². The zero-order valence-electron chi connectivity index (χ0n) is 13.0. The Bertz CT molecular complexity index is 556. The number of benzene rings is 1. The summed E-state index contributed by atoms with van der Waals surface area (Å²) in [7, 11) is 1.60. The van der Waals surface area contributed by atoms with E-state index in [0.717, 1.165) is 11.3 Å². The second kappa shape index (κ2) is 6.16. The van der Waals surface area contributed by atoms with Gasteiger partial charge in [-0.3, -0.25) is 9.59 Å². The molecule has 2 amide bonds. The second-order valence-electron chi connectivity index (χ2n) is 5.28. The third-order valence-electron chi connectivity index (χ3n) is 3.90. The zero-order chi connectivity index (χ0) is 15.6. The first-order valence-corrected chi connectivity index (χ1v) is 7.25. The maximum absolute atomic E-state index is 12.6. The lowest BCUT2D eigenvalue weighted by Gasteiger charge is -2.39. The first-order chi connectivity index (χ1) is 9.99. The van der Waals surface area contributed by atoms with E-state index in [4.69, 9.17) is 4.74 Å². The number of carbonyl (C=O) groups is 2. The van der Waals surface area contributed by atoms with Crippen molar-refractivity contribution >= 4 is 17.5 Å². The average Bonchev–Trinajstić information content (AvgIpc) is 2.49. The number of piperazine rings is 1. The number of anilines is 1. The summed E-state index contributed by atoms with van der Waals surface area (Å²) in [6.07, 6.45) is 0.422. The molecule has 0 unspecified atom stereocenters. The molecule has 0 aromatic heterocycles. The quantitative estimate of drug-likeness (QED) is 0.855. The van der Waals surface area contributed by atoms with E-state index in [1.807, 2.05) is 32.0 Å². The second-order valence-corrected chi connectivity index (χ2v) is 5.28. The summed E-state index contributed by atoms with van der Waals surface area (Å²) in [5.41, 5.74) is 1.84. The van der Waals surface area contributed by atoms with Crippen molar-refractivity contribution in [2.45, 2.75) is 33.2 Å². The lowest BCUT2D eigenvalue weighted by Crippen LogP contribution is -2.57. The van der Waals surface area contributed by atoms with Gasteiger partial charge in [-0.25, -0.2) is 0 Å². The molecule has 0 aliphatic carbocycles. The highest BCUT2D eigenvalue weighted by Gasteiger charge is 2.35. The van der Waals surface area contributed by atoms with Crippen LogP contribution in [-0.4, -0.2) is 43.0 Å². The highest BCUT2D eigenvalue weighted by molar-refractivity contribution is 6.01. The topological polar surface area (TPSA) is 49.9 Å². The van der Waals surface area contributed by atoms with E-state index in [0.29, 0.717) is 25.3 Å². The SMILES string of the molecule is CCC(=O)N1CCN(c2cc(C)ccc2OC)C(=O)[C@H]1C. The van der Waals surface area contributed by atoms with Crippen molar-refractivity contribution < 1.29 is 14.3 Å². The molecule has 1 heterocycles. The molecule has 114 valence electrons. The molecule has 0 saturated carbocycles. The van der Waals surface area contributed by atoms with Crippen LogP contribution in [0.4, 0.5) is 5.69 Å². The fraction of sp³-hybridized carbons (Fsp3) is 0.500. The number of amides is 2. The minimum atomic E-state index is -0.434. The normalized spacial score (nSPS) is 18.9. The van der Waals surface area contributed by atoms with Gasteiger partial charge >= 0.3 is 0 Å². The molecular formula is C16H22N2O3. The number of hydrogen-bond acceptors (Lipinski definition) is 3. The van der Waals surface area contributed by atoms with Crippen LogP contribution >= 0.6 is 0 Å². The van der Waals surface area contributed by atoms with Crippen molar-refractivity contribution in [1.29, 1.82) is 0 Å². The molecule has 0 N–H and O–H groups in total. The Morgan fingerprint density at radius 1 is 1.38 bits per heavy atom. The predicted octanol–water partition coefficient (Wildman–Crippen LogP) is 1.98. The van der Waals surface area contributed by atoms with Crippen LogP contribution in [0.25, 0.3) is 0 Å². The Balaban J connectivity index is 2.30. The Hall–Kier alpha value is -2.04. The number of carbonyl (C=O) groups excluding carboxylic acids is 2. The monoisotopic (exact) mass is 290 g/mol. The first-order valence-electron chi connectivity index (χ1n) is 7.25. The van der Waals surface area contributed by atoms with Gasteiger partial charge in [-0.1, -0.05) is 13.0 Å². The Kier molecular flexibility index (Phi) is 4.50.